The quantitative estimate of drug-likeness (QED) is 0.645. The van der Waals surface area contributed by atoms with Gasteiger partial charge in [0.2, 0.25) is 0 Å². The summed E-state index contributed by atoms with van der Waals surface area (Å²) >= 11 is 4.13. The maximum absolute atomic E-state index is 11.6. The smallest absolute Gasteiger partial charge is 0.340 e. The lowest BCUT2D eigenvalue weighted by molar-refractivity contribution is 0.0521. The van der Waals surface area contributed by atoms with Gasteiger partial charge in [-0.1, -0.05) is 0 Å². The fourth-order valence-electron chi connectivity index (χ4n) is 1.26. The van der Waals surface area contributed by atoms with Crippen LogP contribution in [0.1, 0.15) is 22.8 Å². The Labute approximate surface area is 99.2 Å². The molecule has 0 bridgehead atoms. The molecule has 0 fully saturated rings. The minimum Gasteiger partial charge on any atom is -0.495 e. The number of esters is 1. The van der Waals surface area contributed by atoms with Crippen molar-refractivity contribution >= 4 is 18.6 Å². The van der Waals surface area contributed by atoms with Crippen molar-refractivity contribution in [3.8, 4) is 11.8 Å². The number of benzene rings is 1. The van der Waals surface area contributed by atoms with Crippen LogP contribution in [-0.2, 0) is 4.74 Å². The van der Waals surface area contributed by atoms with Gasteiger partial charge in [0.15, 0.2) is 0 Å². The number of methoxy groups -OCH3 is 1. The Kier molecular flexibility index (Phi) is 4.20. The summed E-state index contributed by atoms with van der Waals surface area (Å²) in [5.74, 6) is -0.230. The van der Waals surface area contributed by atoms with Crippen LogP contribution in [0.25, 0.3) is 0 Å². The Morgan fingerprint density at radius 2 is 2.25 bits per heavy atom. The first-order valence-corrected chi connectivity index (χ1v) is 5.07. The zero-order valence-corrected chi connectivity index (χ0v) is 9.88. The van der Waals surface area contributed by atoms with Gasteiger partial charge in [0.1, 0.15) is 17.4 Å². The van der Waals surface area contributed by atoms with Crippen molar-refractivity contribution < 1.29 is 14.3 Å². The van der Waals surface area contributed by atoms with Gasteiger partial charge in [0, 0.05) is 4.90 Å². The van der Waals surface area contributed by atoms with E-state index in [2.05, 4.69) is 12.6 Å². The maximum Gasteiger partial charge on any atom is 0.340 e. The van der Waals surface area contributed by atoms with E-state index in [1.165, 1.54) is 7.11 Å². The molecular weight excluding hydrogens is 226 g/mol. The molecule has 1 aromatic carbocycles. The van der Waals surface area contributed by atoms with Gasteiger partial charge in [0.25, 0.3) is 0 Å². The Morgan fingerprint density at radius 1 is 1.56 bits per heavy atom. The first kappa shape index (κ1) is 12.4. The van der Waals surface area contributed by atoms with Gasteiger partial charge in [0.05, 0.1) is 19.3 Å². The molecule has 0 saturated carbocycles. The third kappa shape index (κ3) is 2.28. The van der Waals surface area contributed by atoms with Crippen molar-refractivity contribution in [1.82, 2.24) is 0 Å². The SMILES string of the molecule is CCOC(=O)c1c(S)ccc(OC)c1C#N. The van der Waals surface area contributed by atoms with Crippen LogP contribution in [0.2, 0.25) is 0 Å². The second kappa shape index (κ2) is 5.42. The van der Waals surface area contributed by atoms with Crippen LogP contribution in [0, 0.1) is 11.3 Å². The van der Waals surface area contributed by atoms with Crippen molar-refractivity contribution in [3.05, 3.63) is 23.3 Å². The molecule has 0 unspecified atom stereocenters. The summed E-state index contributed by atoms with van der Waals surface area (Å²) in [6.45, 7) is 1.94. The number of hydrogen-bond donors (Lipinski definition) is 1. The van der Waals surface area contributed by atoms with E-state index in [9.17, 15) is 4.79 Å². The van der Waals surface area contributed by atoms with Crippen molar-refractivity contribution in [2.45, 2.75) is 11.8 Å². The van der Waals surface area contributed by atoms with Crippen molar-refractivity contribution in [2.24, 2.45) is 0 Å². The van der Waals surface area contributed by atoms with Gasteiger partial charge in [-0.05, 0) is 19.1 Å². The standard InChI is InChI=1S/C11H11NO3S/c1-3-15-11(13)10-7(6-12)8(14-2)4-5-9(10)16/h4-5,16H,3H2,1-2H3. The molecule has 0 amide bonds. The van der Waals surface area contributed by atoms with Gasteiger partial charge < -0.3 is 9.47 Å². The Hall–Kier alpha value is -1.67. The lowest BCUT2D eigenvalue weighted by Crippen LogP contribution is -2.09. The summed E-state index contributed by atoms with van der Waals surface area (Å²) in [5, 5.41) is 9.00. The predicted octanol–water partition coefficient (Wildman–Crippen LogP) is 2.03. The second-order valence-electron chi connectivity index (χ2n) is 2.87. The van der Waals surface area contributed by atoms with Crippen molar-refractivity contribution in [3.63, 3.8) is 0 Å². The van der Waals surface area contributed by atoms with E-state index in [1.807, 2.05) is 6.07 Å². The van der Waals surface area contributed by atoms with E-state index < -0.39 is 5.97 Å². The molecule has 16 heavy (non-hydrogen) atoms. The average Bonchev–Trinajstić information content (AvgIpc) is 2.28. The van der Waals surface area contributed by atoms with Crippen LogP contribution in [0.5, 0.6) is 5.75 Å². The minimum absolute atomic E-state index is 0.145. The molecular formula is C11H11NO3S. The highest BCUT2D eigenvalue weighted by Crippen LogP contribution is 2.27. The molecule has 1 rings (SSSR count). The van der Waals surface area contributed by atoms with Crippen LogP contribution in [0.3, 0.4) is 0 Å². The molecule has 0 atom stereocenters. The molecule has 0 aromatic heterocycles. The van der Waals surface area contributed by atoms with E-state index in [0.717, 1.165) is 0 Å². The molecule has 84 valence electrons. The van der Waals surface area contributed by atoms with Gasteiger partial charge in [-0.15, -0.1) is 12.6 Å². The third-order valence-electron chi connectivity index (χ3n) is 1.96. The summed E-state index contributed by atoms with van der Waals surface area (Å²) in [4.78, 5) is 12.0. The fourth-order valence-corrected chi connectivity index (χ4v) is 1.54. The normalized spacial score (nSPS) is 9.38. The molecule has 5 heteroatoms. The monoisotopic (exact) mass is 237 g/mol. The highest BCUT2D eigenvalue weighted by Gasteiger charge is 2.19. The first-order chi connectivity index (χ1) is 7.65. The summed E-state index contributed by atoms with van der Waals surface area (Å²) in [6, 6.07) is 5.10. The summed E-state index contributed by atoms with van der Waals surface area (Å²) in [7, 11) is 1.43. The number of ether oxygens (including phenoxy) is 2. The number of carbonyl (C=O) groups is 1. The number of nitrogens with zero attached hydrogens (tertiary/aromatic N) is 1. The predicted molar refractivity (Wildman–Crippen MR) is 60.9 cm³/mol. The Bertz CT molecular complexity index is 451. The zero-order chi connectivity index (χ0) is 12.1. The molecule has 0 N–H and O–H groups in total. The Morgan fingerprint density at radius 3 is 2.75 bits per heavy atom. The van der Waals surface area contributed by atoms with E-state index in [-0.39, 0.29) is 17.7 Å². The molecule has 0 aliphatic rings. The molecule has 1 aromatic rings. The van der Waals surface area contributed by atoms with E-state index in [1.54, 1.807) is 19.1 Å². The topological polar surface area (TPSA) is 59.3 Å². The maximum atomic E-state index is 11.6. The van der Waals surface area contributed by atoms with Crippen LogP contribution in [0.4, 0.5) is 0 Å². The number of thiol groups is 1. The van der Waals surface area contributed by atoms with E-state index >= 15 is 0 Å². The van der Waals surface area contributed by atoms with E-state index in [0.29, 0.717) is 10.6 Å². The Balaban J connectivity index is 3.35. The van der Waals surface area contributed by atoms with Crippen molar-refractivity contribution in [1.29, 1.82) is 5.26 Å². The van der Waals surface area contributed by atoms with Gasteiger partial charge in [-0.2, -0.15) is 5.26 Å². The lowest BCUT2D eigenvalue weighted by atomic mass is 10.1. The van der Waals surface area contributed by atoms with E-state index in [4.69, 9.17) is 14.7 Å². The van der Waals surface area contributed by atoms with Gasteiger partial charge in [-0.25, -0.2) is 4.79 Å². The molecule has 0 aliphatic carbocycles. The second-order valence-corrected chi connectivity index (χ2v) is 3.35. The van der Waals surface area contributed by atoms with Crippen LogP contribution in [-0.4, -0.2) is 19.7 Å². The van der Waals surface area contributed by atoms with Gasteiger partial charge >= 0.3 is 5.97 Å². The van der Waals surface area contributed by atoms with Crippen molar-refractivity contribution in [2.75, 3.05) is 13.7 Å². The molecule has 0 heterocycles. The summed E-state index contributed by atoms with van der Waals surface area (Å²) in [6.07, 6.45) is 0. The largest absolute Gasteiger partial charge is 0.495 e. The third-order valence-corrected chi connectivity index (χ3v) is 2.33. The van der Waals surface area contributed by atoms with Crippen LogP contribution in [0.15, 0.2) is 17.0 Å². The summed E-state index contributed by atoms with van der Waals surface area (Å²) < 4.78 is 9.85. The number of nitriles is 1. The fraction of sp³-hybridized carbons (Fsp3) is 0.273. The number of carbonyl (C=O) groups excluding carboxylic acids is 1. The highest BCUT2D eigenvalue weighted by atomic mass is 32.1. The highest BCUT2D eigenvalue weighted by molar-refractivity contribution is 7.80. The minimum atomic E-state index is -0.567. The average molecular weight is 237 g/mol. The number of rotatable bonds is 3. The zero-order valence-electron chi connectivity index (χ0n) is 8.98. The lowest BCUT2D eigenvalue weighted by Gasteiger charge is -2.09. The molecule has 4 nitrogen and oxygen atoms in total. The van der Waals surface area contributed by atoms with Crippen LogP contribution < -0.4 is 4.74 Å². The van der Waals surface area contributed by atoms with Gasteiger partial charge in [-0.3, -0.25) is 0 Å². The summed E-state index contributed by atoms with van der Waals surface area (Å²) in [5.41, 5.74) is 0.292. The molecule has 0 saturated heterocycles. The first-order valence-electron chi connectivity index (χ1n) is 4.62. The number of hydrogen-bond acceptors (Lipinski definition) is 5. The van der Waals surface area contributed by atoms with Crippen LogP contribution >= 0.6 is 12.6 Å². The molecule has 0 spiro atoms. The molecule has 0 aliphatic heterocycles. The molecule has 0 radical (unpaired) electrons.